The van der Waals surface area contributed by atoms with Crippen LogP contribution >= 0.6 is 0 Å². The minimum Gasteiger partial charge on any atom is -0.388 e. The summed E-state index contributed by atoms with van der Waals surface area (Å²) in [6.07, 6.45) is -5.85. The second-order valence-electron chi connectivity index (χ2n) is 4.38. The Bertz CT molecular complexity index is 562. The van der Waals surface area contributed by atoms with Crippen molar-refractivity contribution in [2.75, 3.05) is 0 Å². The number of halogens is 4. The van der Waals surface area contributed by atoms with Crippen LogP contribution in [0.1, 0.15) is 24.5 Å². The molecule has 0 aliphatic carbocycles. The number of benzene rings is 1. The number of aliphatic hydroxyl groups is 1. The third kappa shape index (κ3) is 3.57. The van der Waals surface area contributed by atoms with E-state index in [-0.39, 0.29) is 5.56 Å². The van der Waals surface area contributed by atoms with Gasteiger partial charge in [-0.1, -0.05) is 0 Å². The molecule has 0 saturated carbocycles. The van der Waals surface area contributed by atoms with Crippen molar-refractivity contribution < 1.29 is 22.7 Å². The maximum absolute atomic E-state index is 12.8. The Morgan fingerprint density at radius 2 is 1.85 bits per heavy atom. The highest BCUT2D eigenvalue weighted by atomic mass is 19.4. The summed E-state index contributed by atoms with van der Waals surface area (Å²) in [5.74, 6) is -0.424. The van der Waals surface area contributed by atoms with Crippen LogP contribution in [0.25, 0.3) is 11.3 Å². The van der Waals surface area contributed by atoms with E-state index in [9.17, 15) is 22.7 Å². The number of aromatic amines is 1. The number of nitrogens with one attached hydrogen (secondary N) is 1. The number of hydrogen-bond acceptors (Lipinski definition) is 2. The van der Waals surface area contributed by atoms with Crippen molar-refractivity contribution in [1.29, 1.82) is 0 Å². The summed E-state index contributed by atoms with van der Waals surface area (Å²) in [7, 11) is 0. The zero-order valence-electron chi connectivity index (χ0n) is 10.3. The van der Waals surface area contributed by atoms with Crippen LogP contribution in [-0.4, -0.2) is 21.5 Å². The van der Waals surface area contributed by atoms with Crippen molar-refractivity contribution in [3.8, 4) is 11.3 Å². The fourth-order valence-corrected chi connectivity index (χ4v) is 1.85. The average molecular weight is 288 g/mol. The van der Waals surface area contributed by atoms with E-state index < -0.39 is 30.9 Å². The van der Waals surface area contributed by atoms with Gasteiger partial charge < -0.3 is 5.11 Å². The first-order valence-corrected chi connectivity index (χ1v) is 5.91. The summed E-state index contributed by atoms with van der Waals surface area (Å²) in [5, 5.41) is 16.2. The summed E-state index contributed by atoms with van der Waals surface area (Å²) < 4.78 is 49.3. The highest BCUT2D eigenvalue weighted by Gasteiger charge is 2.29. The van der Waals surface area contributed by atoms with Crippen LogP contribution in [0.2, 0.25) is 0 Å². The van der Waals surface area contributed by atoms with Gasteiger partial charge in [-0.05, 0) is 30.7 Å². The Kier molecular flexibility index (Phi) is 4.08. The molecule has 1 unspecified atom stereocenters. The van der Waals surface area contributed by atoms with Crippen LogP contribution in [0, 0.1) is 5.82 Å². The van der Waals surface area contributed by atoms with Gasteiger partial charge >= 0.3 is 6.18 Å². The first-order valence-electron chi connectivity index (χ1n) is 5.91. The predicted octanol–water partition coefficient (Wildman–Crippen LogP) is 3.59. The maximum atomic E-state index is 12.8. The first kappa shape index (κ1) is 14.5. The molecule has 0 radical (unpaired) electrons. The number of aliphatic hydroxyl groups excluding tert-OH is 1. The highest BCUT2D eigenvalue weighted by Crippen LogP contribution is 2.31. The van der Waals surface area contributed by atoms with Crippen LogP contribution in [-0.2, 0) is 0 Å². The van der Waals surface area contributed by atoms with E-state index in [1.165, 1.54) is 30.5 Å². The molecule has 1 aromatic carbocycles. The molecule has 2 N–H and O–H groups in total. The summed E-state index contributed by atoms with van der Waals surface area (Å²) in [5.41, 5.74) is 1.20. The molecule has 0 amide bonds. The summed E-state index contributed by atoms with van der Waals surface area (Å²) in [6, 6.07) is 5.37. The number of alkyl halides is 3. The topological polar surface area (TPSA) is 48.9 Å². The molecule has 0 saturated heterocycles. The van der Waals surface area contributed by atoms with Crippen molar-refractivity contribution in [1.82, 2.24) is 10.2 Å². The largest absolute Gasteiger partial charge is 0.389 e. The number of rotatable bonds is 4. The van der Waals surface area contributed by atoms with Gasteiger partial charge in [0.2, 0.25) is 0 Å². The van der Waals surface area contributed by atoms with Gasteiger partial charge in [0.25, 0.3) is 0 Å². The molecule has 1 heterocycles. The molecule has 0 bridgehead atoms. The summed E-state index contributed by atoms with van der Waals surface area (Å²) in [6.45, 7) is 0. The Hall–Kier alpha value is -1.89. The van der Waals surface area contributed by atoms with E-state index in [2.05, 4.69) is 10.2 Å². The molecule has 0 aliphatic rings. The number of aromatic nitrogens is 2. The zero-order valence-corrected chi connectivity index (χ0v) is 10.3. The average Bonchev–Trinajstić information content (AvgIpc) is 2.85. The fraction of sp³-hybridized carbons (Fsp3) is 0.308. The second kappa shape index (κ2) is 5.62. The molecule has 0 spiro atoms. The Morgan fingerprint density at radius 3 is 2.45 bits per heavy atom. The van der Waals surface area contributed by atoms with Crippen molar-refractivity contribution in [3.05, 3.63) is 41.8 Å². The Labute approximate surface area is 112 Å². The van der Waals surface area contributed by atoms with Crippen LogP contribution in [0.4, 0.5) is 17.6 Å². The van der Waals surface area contributed by atoms with Gasteiger partial charge in [0.15, 0.2) is 0 Å². The van der Waals surface area contributed by atoms with E-state index in [4.69, 9.17) is 0 Å². The van der Waals surface area contributed by atoms with Gasteiger partial charge in [0, 0.05) is 17.5 Å². The SMILES string of the molecule is OC(CCC(F)(F)F)c1cn[nH]c1-c1ccc(F)cc1. The second-order valence-corrected chi connectivity index (χ2v) is 4.38. The van der Waals surface area contributed by atoms with Gasteiger partial charge in [-0.3, -0.25) is 5.10 Å². The highest BCUT2D eigenvalue weighted by molar-refractivity contribution is 5.62. The van der Waals surface area contributed by atoms with Crippen molar-refractivity contribution in [2.45, 2.75) is 25.1 Å². The lowest BCUT2D eigenvalue weighted by molar-refractivity contribution is -0.140. The molecular formula is C13H12F4N2O. The molecule has 3 nitrogen and oxygen atoms in total. The lowest BCUT2D eigenvalue weighted by atomic mass is 10.0. The van der Waals surface area contributed by atoms with Crippen LogP contribution in [0.5, 0.6) is 0 Å². The molecule has 2 rings (SSSR count). The number of nitrogens with zero attached hydrogens (tertiary/aromatic N) is 1. The molecule has 0 fully saturated rings. The standard InChI is InChI=1S/C13H12F4N2O/c14-9-3-1-8(2-4-9)12-10(7-18-19-12)11(20)5-6-13(15,16)17/h1-4,7,11,20H,5-6H2,(H,18,19). The number of H-pyrrole nitrogens is 1. The first-order chi connectivity index (χ1) is 9.37. The minimum atomic E-state index is -4.32. The van der Waals surface area contributed by atoms with E-state index in [0.29, 0.717) is 11.3 Å². The summed E-state index contributed by atoms with van der Waals surface area (Å²) in [4.78, 5) is 0. The quantitative estimate of drug-likeness (QED) is 0.845. The molecule has 7 heteroatoms. The van der Waals surface area contributed by atoms with E-state index in [1.54, 1.807) is 0 Å². The molecular weight excluding hydrogens is 276 g/mol. The lowest BCUT2D eigenvalue weighted by Gasteiger charge is -2.12. The third-order valence-corrected chi connectivity index (χ3v) is 2.86. The smallest absolute Gasteiger partial charge is 0.388 e. The van der Waals surface area contributed by atoms with E-state index in [1.807, 2.05) is 0 Å². The van der Waals surface area contributed by atoms with E-state index >= 15 is 0 Å². The van der Waals surface area contributed by atoms with Crippen molar-refractivity contribution >= 4 is 0 Å². The third-order valence-electron chi connectivity index (χ3n) is 2.86. The predicted molar refractivity (Wildman–Crippen MR) is 64.2 cm³/mol. The van der Waals surface area contributed by atoms with Gasteiger partial charge in [0.1, 0.15) is 5.82 Å². The lowest BCUT2D eigenvalue weighted by Crippen LogP contribution is -2.10. The van der Waals surface area contributed by atoms with Crippen LogP contribution in [0.15, 0.2) is 30.5 Å². The van der Waals surface area contributed by atoms with Crippen LogP contribution in [0.3, 0.4) is 0 Å². The normalized spacial score (nSPS) is 13.4. The maximum Gasteiger partial charge on any atom is 0.389 e. The van der Waals surface area contributed by atoms with Gasteiger partial charge in [-0.15, -0.1) is 0 Å². The Balaban J connectivity index is 2.18. The Morgan fingerprint density at radius 1 is 1.20 bits per heavy atom. The molecule has 20 heavy (non-hydrogen) atoms. The fourth-order valence-electron chi connectivity index (χ4n) is 1.85. The van der Waals surface area contributed by atoms with Crippen LogP contribution < -0.4 is 0 Å². The monoisotopic (exact) mass is 288 g/mol. The number of hydrogen-bond donors (Lipinski definition) is 2. The van der Waals surface area contributed by atoms with Crippen molar-refractivity contribution in [2.24, 2.45) is 0 Å². The molecule has 0 aliphatic heterocycles. The molecule has 108 valence electrons. The molecule has 2 aromatic rings. The molecule has 1 atom stereocenters. The van der Waals surface area contributed by atoms with E-state index in [0.717, 1.165) is 0 Å². The molecule has 1 aromatic heterocycles. The van der Waals surface area contributed by atoms with Gasteiger partial charge in [-0.25, -0.2) is 4.39 Å². The van der Waals surface area contributed by atoms with Gasteiger partial charge in [-0.2, -0.15) is 18.3 Å². The summed E-state index contributed by atoms with van der Waals surface area (Å²) >= 11 is 0. The minimum absolute atomic E-state index is 0.265. The van der Waals surface area contributed by atoms with Crippen molar-refractivity contribution in [3.63, 3.8) is 0 Å². The zero-order chi connectivity index (χ0) is 14.8. The van der Waals surface area contributed by atoms with Gasteiger partial charge in [0.05, 0.1) is 18.0 Å².